The largest absolute Gasteiger partial charge is 0.385 e. The maximum Gasteiger partial charge on any atom is 0.305 e. The Morgan fingerprint density at radius 1 is 1.03 bits per heavy atom. The molecule has 1 aliphatic heterocycles. The van der Waals surface area contributed by atoms with Crippen molar-refractivity contribution in [2.45, 2.75) is 19.9 Å². The zero-order valence-corrected chi connectivity index (χ0v) is 19.7. The highest BCUT2D eigenvalue weighted by molar-refractivity contribution is 6.52. The van der Waals surface area contributed by atoms with Crippen molar-refractivity contribution in [3.8, 4) is 0 Å². The lowest BCUT2D eigenvalue weighted by atomic mass is 10.0. The molecule has 2 heterocycles. The van der Waals surface area contributed by atoms with Crippen molar-refractivity contribution in [1.82, 2.24) is 5.43 Å². The van der Waals surface area contributed by atoms with Crippen molar-refractivity contribution in [1.29, 1.82) is 0 Å². The van der Waals surface area contributed by atoms with Crippen LogP contribution in [0, 0.1) is 5.92 Å². The topological polar surface area (TPSA) is 133 Å². The molecule has 0 saturated heterocycles. The minimum Gasteiger partial charge on any atom is -0.385 e. The number of carbonyl (C=O) groups is 3. The summed E-state index contributed by atoms with van der Waals surface area (Å²) < 4.78 is 1.65. The summed E-state index contributed by atoms with van der Waals surface area (Å²) >= 11 is 0. The Kier molecular flexibility index (Phi) is 7.45. The molecule has 1 unspecified atom stereocenters. The van der Waals surface area contributed by atoms with Crippen LogP contribution in [0.1, 0.15) is 12.5 Å². The quantitative estimate of drug-likeness (QED) is 0.254. The molecule has 4 N–H and O–H groups in total. The van der Waals surface area contributed by atoms with Crippen LogP contribution in [0.25, 0.3) is 0 Å². The van der Waals surface area contributed by atoms with Crippen LogP contribution in [-0.2, 0) is 27.3 Å². The van der Waals surface area contributed by atoms with E-state index in [1.807, 2.05) is 25.1 Å². The van der Waals surface area contributed by atoms with E-state index in [4.69, 9.17) is 5.73 Å². The van der Waals surface area contributed by atoms with E-state index >= 15 is 0 Å². The molecule has 0 radical (unpaired) electrons. The average Bonchev–Trinajstić information content (AvgIpc) is 3.19. The number of hydrazone groups is 2. The normalized spacial score (nSPS) is 15.4. The van der Waals surface area contributed by atoms with E-state index in [1.54, 1.807) is 71.6 Å². The highest BCUT2D eigenvalue weighted by Crippen LogP contribution is 2.24. The molecule has 0 bridgehead atoms. The van der Waals surface area contributed by atoms with Crippen LogP contribution >= 0.6 is 0 Å². The minimum absolute atomic E-state index is 0.0315. The highest BCUT2D eigenvalue weighted by Gasteiger charge is 2.42. The minimum atomic E-state index is -1.27. The van der Waals surface area contributed by atoms with Gasteiger partial charge in [0, 0.05) is 17.8 Å². The number of amides is 3. The number of carbonyl (C=O) groups excluding carboxylic acids is 3. The van der Waals surface area contributed by atoms with Crippen molar-refractivity contribution in [2.24, 2.45) is 21.9 Å². The number of hydrogen-bond acceptors (Lipinski definition) is 6. The molecule has 10 nitrogen and oxygen atoms in total. The summed E-state index contributed by atoms with van der Waals surface area (Å²) in [5, 5.41) is 12.2. The van der Waals surface area contributed by atoms with E-state index in [9.17, 15) is 14.4 Å². The number of nitrogens with two attached hydrogens (primary N) is 1. The van der Waals surface area contributed by atoms with Crippen molar-refractivity contribution >= 4 is 40.6 Å². The van der Waals surface area contributed by atoms with Gasteiger partial charge >= 0.3 is 5.91 Å². The van der Waals surface area contributed by atoms with Crippen LogP contribution in [0.2, 0.25) is 0 Å². The van der Waals surface area contributed by atoms with E-state index in [0.29, 0.717) is 17.8 Å². The lowest BCUT2D eigenvalue weighted by molar-refractivity contribution is -0.684. The highest BCUT2D eigenvalue weighted by atomic mass is 16.2. The first-order chi connectivity index (χ1) is 17.5. The molecule has 0 spiro atoms. The molecule has 1 atom stereocenters. The van der Waals surface area contributed by atoms with Crippen LogP contribution in [-0.4, -0.2) is 29.3 Å². The number of rotatable bonds is 8. The lowest BCUT2D eigenvalue weighted by Gasteiger charge is -2.16. The zero-order chi connectivity index (χ0) is 25.5. The van der Waals surface area contributed by atoms with Gasteiger partial charge in [-0.15, -0.1) is 0 Å². The summed E-state index contributed by atoms with van der Waals surface area (Å²) in [4.78, 5) is 39.3. The third-order valence-electron chi connectivity index (χ3n) is 5.52. The second-order valence-corrected chi connectivity index (χ2v) is 7.99. The van der Waals surface area contributed by atoms with Gasteiger partial charge in [-0.05, 0) is 30.2 Å². The predicted molar refractivity (Wildman–Crippen MR) is 136 cm³/mol. The molecular weight excluding hydrogens is 458 g/mol. The van der Waals surface area contributed by atoms with Gasteiger partial charge in [0.15, 0.2) is 12.4 Å². The van der Waals surface area contributed by atoms with Gasteiger partial charge in [-0.1, -0.05) is 49.4 Å². The average molecular weight is 485 g/mol. The fourth-order valence-electron chi connectivity index (χ4n) is 3.73. The van der Waals surface area contributed by atoms with Crippen LogP contribution in [0.15, 0.2) is 95.4 Å². The van der Waals surface area contributed by atoms with Crippen LogP contribution in [0.4, 0.5) is 11.4 Å². The van der Waals surface area contributed by atoms with Gasteiger partial charge in [-0.2, -0.15) is 19.8 Å². The first-order valence-corrected chi connectivity index (χ1v) is 11.4. The number of nitrogens with one attached hydrogen (secondary N) is 2. The van der Waals surface area contributed by atoms with Crippen molar-refractivity contribution in [3.05, 3.63) is 90.8 Å². The third kappa shape index (κ3) is 5.44. The third-order valence-corrected chi connectivity index (χ3v) is 5.52. The van der Waals surface area contributed by atoms with Crippen LogP contribution < -0.4 is 26.1 Å². The van der Waals surface area contributed by atoms with Gasteiger partial charge in [0.05, 0.1) is 5.69 Å². The molecule has 0 aliphatic carbocycles. The maximum absolute atomic E-state index is 13.4. The monoisotopic (exact) mass is 484 g/mol. The van der Waals surface area contributed by atoms with Gasteiger partial charge in [0.1, 0.15) is 17.5 Å². The number of benzene rings is 2. The van der Waals surface area contributed by atoms with Gasteiger partial charge in [0.2, 0.25) is 6.54 Å². The molecule has 36 heavy (non-hydrogen) atoms. The first-order valence-electron chi connectivity index (χ1n) is 11.4. The fraction of sp³-hybridized carbons (Fsp3) is 0.154. The van der Waals surface area contributed by atoms with Gasteiger partial charge in [-0.25, -0.2) is 5.43 Å². The Labute approximate surface area is 208 Å². The lowest BCUT2D eigenvalue weighted by Crippen LogP contribution is -2.45. The molecule has 0 saturated carbocycles. The molecule has 0 fully saturated rings. The van der Waals surface area contributed by atoms with E-state index in [-0.39, 0.29) is 18.1 Å². The second kappa shape index (κ2) is 11.0. The molecule has 182 valence electrons. The Bertz CT molecular complexity index is 1320. The van der Waals surface area contributed by atoms with E-state index in [1.165, 1.54) is 0 Å². The summed E-state index contributed by atoms with van der Waals surface area (Å²) in [6.45, 7) is 1.93. The Morgan fingerprint density at radius 2 is 1.69 bits per heavy atom. The van der Waals surface area contributed by atoms with Gasteiger partial charge < -0.3 is 11.1 Å². The summed E-state index contributed by atoms with van der Waals surface area (Å²) in [6, 6.07) is 21.4. The zero-order valence-electron chi connectivity index (χ0n) is 19.7. The summed E-state index contributed by atoms with van der Waals surface area (Å²) in [5.74, 6) is -3.08. The molecule has 1 aliphatic rings. The molecule has 3 aromatic rings. The molecule has 3 amide bonds. The Balaban J connectivity index is 1.62. The number of pyridine rings is 1. The second-order valence-electron chi connectivity index (χ2n) is 7.99. The molecular formula is C26H26N7O3+. The summed E-state index contributed by atoms with van der Waals surface area (Å²) in [5.41, 5.74) is 10.2. The number of amidine groups is 1. The number of anilines is 2. The number of nitrogens with zero attached hydrogens (tertiary/aromatic N) is 4. The molecule has 4 rings (SSSR count). The van der Waals surface area contributed by atoms with Crippen LogP contribution in [0.3, 0.4) is 0 Å². The van der Waals surface area contributed by atoms with E-state index < -0.39 is 23.6 Å². The van der Waals surface area contributed by atoms with E-state index in [2.05, 4.69) is 20.9 Å². The summed E-state index contributed by atoms with van der Waals surface area (Å²) in [6.07, 6.45) is 4.13. The van der Waals surface area contributed by atoms with Gasteiger partial charge in [-0.3, -0.25) is 14.4 Å². The Hall–Kier alpha value is -4.86. The molecule has 2 aromatic carbocycles. The van der Waals surface area contributed by atoms with Crippen molar-refractivity contribution < 1.29 is 19.0 Å². The standard InChI is InChI=1S/C26H25N7O3/c1-2-18-11-7-8-14-20(18)28-25(35)23(30-29-21(34)17-32-15-9-4-10-16-32)22-24(27)31-33(26(22)36)19-12-5-3-6-13-19/h3-16,22H,2,17H2,1H3,(H3-,27,28,29,31,34,35)/p+1. The van der Waals surface area contributed by atoms with Crippen molar-refractivity contribution in [3.63, 3.8) is 0 Å². The fourth-order valence-corrected chi connectivity index (χ4v) is 3.73. The van der Waals surface area contributed by atoms with Gasteiger partial charge in [0.25, 0.3) is 11.8 Å². The number of hydrogen-bond donors (Lipinski definition) is 3. The molecule has 10 heteroatoms. The van der Waals surface area contributed by atoms with E-state index in [0.717, 1.165) is 10.6 Å². The Morgan fingerprint density at radius 3 is 2.42 bits per heavy atom. The number of aryl methyl sites for hydroxylation is 1. The van der Waals surface area contributed by atoms with Crippen LogP contribution in [0.5, 0.6) is 0 Å². The van der Waals surface area contributed by atoms with Crippen molar-refractivity contribution in [2.75, 3.05) is 10.3 Å². The maximum atomic E-state index is 13.4. The predicted octanol–water partition coefficient (Wildman–Crippen LogP) is 1.58. The molecule has 1 aromatic heterocycles. The number of para-hydroxylation sites is 2. The summed E-state index contributed by atoms with van der Waals surface area (Å²) in [7, 11) is 0. The number of aromatic nitrogens is 1. The first kappa shape index (κ1) is 24.3. The smallest absolute Gasteiger partial charge is 0.305 e. The SMILES string of the molecule is CCc1ccccc1NC(=O)C(=NNC(=O)C[n+]1ccccc1)C1C(=O)N(c2ccccc2)N=C1N.